The molecule has 0 bridgehead atoms. The zero-order chi connectivity index (χ0) is 17.8. The molecule has 6 nitrogen and oxygen atoms in total. The molecule has 4 rings (SSSR count). The Morgan fingerprint density at radius 2 is 1.96 bits per heavy atom. The van der Waals surface area contributed by atoms with E-state index in [-0.39, 0.29) is 5.91 Å². The van der Waals surface area contributed by atoms with Gasteiger partial charge in [0.15, 0.2) is 0 Å². The fourth-order valence-electron chi connectivity index (χ4n) is 3.61. The summed E-state index contributed by atoms with van der Waals surface area (Å²) in [6.07, 6.45) is 3.56. The van der Waals surface area contributed by atoms with E-state index in [1.54, 1.807) is 12.1 Å². The summed E-state index contributed by atoms with van der Waals surface area (Å²) in [6.45, 7) is 2.69. The maximum atomic E-state index is 12.5. The molecule has 1 atom stereocenters. The van der Waals surface area contributed by atoms with Crippen molar-refractivity contribution in [3.05, 3.63) is 59.7 Å². The average molecular weight is 349 g/mol. The number of likely N-dealkylation sites (tertiary alicyclic amines) is 1. The van der Waals surface area contributed by atoms with E-state index in [1.807, 2.05) is 12.1 Å². The van der Waals surface area contributed by atoms with Gasteiger partial charge in [0.25, 0.3) is 5.91 Å². The zero-order valence-corrected chi connectivity index (χ0v) is 14.7. The first kappa shape index (κ1) is 16.7. The summed E-state index contributed by atoms with van der Waals surface area (Å²) < 4.78 is 0. The third-order valence-electron chi connectivity index (χ3n) is 5.05. The Morgan fingerprint density at radius 3 is 2.85 bits per heavy atom. The normalized spacial score (nSPS) is 18.1. The number of H-pyrrole nitrogens is 1. The first-order valence-corrected chi connectivity index (χ1v) is 9.16. The summed E-state index contributed by atoms with van der Waals surface area (Å²) in [5, 5.41) is 13.7. The number of aromatic nitrogens is 3. The minimum absolute atomic E-state index is 0.0554. The lowest BCUT2D eigenvalue weighted by atomic mass is 10.0. The molecule has 26 heavy (non-hydrogen) atoms. The summed E-state index contributed by atoms with van der Waals surface area (Å²) in [5.74, 6) is -0.0554. The highest BCUT2D eigenvalue weighted by Gasteiger charge is 2.23. The molecule has 0 unspecified atom stereocenters. The number of hydrogen-bond donors (Lipinski definition) is 2. The molecule has 6 heteroatoms. The topological polar surface area (TPSA) is 73.9 Å². The van der Waals surface area contributed by atoms with Crippen LogP contribution in [0.5, 0.6) is 0 Å². The fourth-order valence-corrected chi connectivity index (χ4v) is 3.61. The number of nitrogens with one attached hydrogen (secondary N) is 2. The Hall–Kier alpha value is -2.73. The monoisotopic (exact) mass is 349 g/mol. The van der Waals surface area contributed by atoms with Gasteiger partial charge in [-0.3, -0.25) is 9.69 Å². The van der Waals surface area contributed by atoms with Crippen LogP contribution in [0.4, 0.5) is 0 Å². The summed E-state index contributed by atoms with van der Waals surface area (Å²) in [5.41, 5.74) is 3.42. The van der Waals surface area contributed by atoms with Crippen LogP contribution in [0.1, 0.15) is 35.2 Å². The number of fused-ring (bicyclic) bond motifs is 1. The van der Waals surface area contributed by atoms with Gasteiger partial charge in [0, 0.05) is 24.7 Å². The van der Waals surface area contributed by atoms with Gasteiger partial charge in [0.05, 0.1) is 0 Å². The number of rotatable bonds is 5. The molecule has 3 aromatic rings. The summed E-state index contributed by atoms with van der Waals surface area (Å²) in [7, 11) is 0. The molecule has 2 N–H and O–H groups in total. The third kappa shape index (κ3) is 3.75. The molecule has 1 saturated heterocycles. The SMILES string of the molecule is O=C(NC[C@H]1CCCCN1Cc1ccccc1)c1ccc2n[nH]nc2c1. The van der Waals surface area contributed by atoms with Crippen molar-refractivity contribution < 1.29 is 4.79 Å². The molecular formula is C20H23N5O. The lowest BCUT2D eigenvalue weighted by Gasteiger charge is -2.35. The Kier molecular flexibility index (Phi) is 4.93. The first-order valence-electron chi connectivity index (χ1n) is 9.16. The highest BCUT2D eigenvalue weighted by atomic mass is 16.1. The lowest BCUT2D eigenvalue weighted by molar-refractivity contribution is 0.0907. The smallest absolute Gasteiger partial charge is 0.251 e. The third-order valence-corrected chi connectivity index (χ3v) is 5.05. The second-order valence-corrected chi connectivity index (χ2v) is 6.84. The highest BCUT2D eigenvalue weighted by molar-refractivity contribution is 5.97. The Labute approximate surface area is 152 Å². The van der Waals surface area contributed by atoms with Crippen LogP contribution in [0.25, 0.3) is 11.0 Å². The van der Waals surface area contributed by atoms with Gasteiger partial charge in [0.1, 0.15) is 11.0 Å². The average Bonchev–Trinajstić information content (AvgIpc) is 3.16. The van der Waals surface area contributed by atoms with Crippen molar-refractivity contribution >= 4 is 16.9 Å². The van der Waals surface area contributed by atoms with E-state index in [4.69, 9.17) is 0 Å². The molecule has 1 aliphatic rings. The molecule has 1 amide bonds. The summed E-state index contributed by atoms with van der Waals surface area (Å²) >= 11 is 0. The number of piperidine rings is 1. The van der Waals surface area contributed by atoms with Gasteiger partial charge < -0.3 is 5.32 Å². The number of benzene rings is 2. The molecule has 1 fully saturated rings. The van der Waals surface area contributed by atoms with Gasteiger partial charge in [-0.25, -0.2) is 0 Å². The van der Waals surface area contributed by atoms with Gasteiger partial charge >= 0.3 is 0 Å². The van der Waals surface area contributed by atoms with Crippen molar-refractivity contribution in [3.8, 4) is 0 Å². The van der Waals surface area contributed by atoms with Gasteiger partial charge in [-0.15, -0.1) is 0 Å². The largest absolute Gasteiger partial charge is 0.350 e. The van der Waals surface area contributed by atoms with E-state index in [2.05, 4.69) is 49.9 Å². The van der Waals surface area contributed by atoms with E-state index in [0.29, 0.717) is 23.7 Å². The van der Waals surface area contributed by atoms with Crippen LogP contribution in [0.15, 0.2) is 48.5 Å². The van der Waals surface area contributed by atoms with Crippen LogP contribution < -0.4 is 5.32 Å². The van der Waals surface area contributed by atoms with Crippen LogP contribution in [0.3, 0.4) is 0 Å². The van der Waals surface area contributed by atoms with Crippen LogP contribution >= 0.6 is 0 Å². The van der Waals surface area contributed by atoms with Crippen LogP contribution in [-0.2, 0) is 6.54 Å². The van der Waals surface area contributed by atoms with Crippen LogP contribution in [0, 0.1) is 0 Å². The van der Waals surface area contributed by atoms with Gasteiger partial charge in [-0.1, -0.05) is 36.8 Å². The minimum atomic E-state index is -0.0554. The number of carbonyl (C=O) groups excluding carboxylic acids is 1. The number of amides is 1. The predicted octanol–water partition coefficient (Wildman–Crippen LogP) is 2.74. The second kappa shape index (κ2) is 7.66. The minimum Gasteiger partial charge on any atom is -0.350 e. The summed E-state index contributed by atoms with van der Waals surface area (Å²) in [4.78, 5) is 15.0. The second-order valence-electron chi connectivity index (χ2n) is 6.84. The van der Waals surface area contributed by atoms with Crippen molar-refractivity contribution in [2.24, 2.45) is 0 Å². The number of carbonyl (C=O) groups is 1. The van der Waals surface area contributed by atoms with Crippen molar-refractivity contribution in [3.63, 3.8) is 0 Å². The van der Waals surface area contributed by atoms with Crippen molar-refractivity contribution in [2.75, 3.05) is 13.1 Å². The molecule has 0 aliphatic carbocycles. The molecule has 0 radical (unpaired) electrons. The van der Waals surface area contributed by atoms with Crippen LogP contribution in [0.2, 0.25) is 0 Å². The molecule has 0 spiro atoms. The van der Waals surface area contributed by atoms with Crippen molar-refractivity contribution in [1.29, 1.82) is 0 Å². The van der Waals surface area contributed by atoms with Gasteiger partial charge in [-0.2, -0.15) is 15.4 Å². The van der Waals surface area contributed by atoms with Crippen molar-refractivity contribution in [2.45, 2.75) is 31.8 Å². The quantitative estimate of drug-likeness (QED) is 0.743. The first-order chi connectivity index (χ1) is 12.8. The maximum absolute atomic E-state index is 12.5. The Morgan fingerprint density at radius 1 is 1.12 bits per heavy atom. The fraction of sp³-hybridized carbons (Fsp3) is 0.350. The standard InChI is InChI=1S/C20H23N5O/c26-20(16-9-10-18-19(12-16)23-24-22-18)21-13-17-8-4-5-11-25(17)14-15-6-2-1-3-7-15/h1-3,6-7,9-10,12,17H,4-5,8,11,13-14H2,(H,21,26)(H,22,23,24)/t17-/m1/s1. The van der Waals surface area contributed by atoms with E-state index in [9.17, 15) is 4.79 Å². The van der Waals surface area contributed by atoms with Crippen molar-refractivity contribution in [1.82, 2.24) is 25.6 Å². The number of nitrogens with zero attached hydrogens (tertiary/aromatic N) is 3. The van der Waals surface area contributed by atoms with E-state index < -0.39 is 0 Å². The van der Waals surface area contributed by atoms with E-state index >= 15 is 0 Å². The lowest BCUT2D eigenvalue weighted by Crippen LogP contribution is -2.46. The summed E-state index contributed by atoms with van der Waals surface area (Å²) in [6, 6.07) is 16.3. The molecule has 1 aromatic heterocycles. The highest BCUT2D eigenvalue weighted by Crippen LogP contribution is 2.19. The molecule has 1 aliphatic heterocycles. The predicted molar refractivity (Wildman–Crippen MR) is 101 cm³/mol. The Balaban J connectivity index is 1.39. The molecule has 2 aromatic carbocycles. The molecule has 2 heterocycles. The molecule has 134 valence electrons. The number of aromatic amines is 1. The maximum Gasteiger partial charge on any atom is 0.251 e. The van der Waals surface area contributed by atoms with Crippen LogP contribution in [-0.4, -0.2) is 45.3 Å². The van der Waals surface area contributed by atoms with Gasteiger partial charge in [0.2, 0.25) is 0 Å². The number of hydrogen-bond acceptors (Lipinski definition) is 4. The van der Waals surface area contributed by atoms with Gasteiger partial charge in [-0.05, 0) is 43.1 Å². The van der Waals surface area contributed by atoms with E-state index in [1.165, 1.54) is 18.4 Å². The Bertz CT molecular complexity index is 876. The molecule has 0 saturated carbocycles. The molecular weight excluding hydrogens is 326 g/mol. The van der Waals surface area contributed by atoms with E-state index in [0.717, 1.165) is 25.0 Å². The zero-order valence-electron chi connectivity index (χ0n) is 14.7.